The summed E-state index contributed by atoms with van der Waals surface area (Å²) in [7, 11) is -3.99. The first-order valence-corrected chi connectivity index (χ1v) is 12.8. The fourth-order valence-corrected chi connectivity index (χ4v) is 5.69. The molecule has 15 heteroatoms. The topological polar surface area (TPSA) is 135 Å². The zero-order valence-corrected chi connectivity index (χ0v) is 19.4. The number of hydrogen-bond acceptors (Lipinski definition) is 9. The SMILES string of the molecule is C[C@H]1CN(c2c3cnc(NC4CCC(NS(=O)(=O)CCC(F)(F)F)CC4)nc3nn2O)CCO1. The van der Waals surface area contributed by atoms with E-state index in [1.807, 2.05) is 11.8 Å². The normalized spacial score (nSPS) is 24.5. The Morgan fingerprint density at radius 3 is 2.62 bits per heavy atom. The number of nitrogens with zero attached hydrogens (tertiary/aromatic N) is 5. The second-order valence-electron chi connectivity index (χ2n) is 8.77. The second-order valence-corrected chi connectivity index (χ2v) is 10.6. The highest BCUT2D eigenvalue weighted by molar-refractivity contribution is 7.89. The van der Waals surface area contributed by atoms with Crippen molar-refractivity contribution in [3.8, 4) is 0 Å². The fourth-order valence-electron chi connectivity index (χ4n) is 4.33. The van der Waals surface area contributed by atoms with E-state index in [0.29, 0.717) is 68.2 Å². The van der Waals surface area contributed by atoms with Gasteiger partial charge in [0.25, 0.3) is 0 Å². The Morgan fingerprint density at radius 1 is 1.24 bits per heavy atom. The zero-order chi connectivity index (χ0) is 24.5. The molecule has 0 unspecified atom stereocenters. The van der Waals surface area contributed by atoms with Crippen LogP contribution in [0.1, 0.15) is 39.0 Å². The van der Waals surface area contributed by atoms with Gasteiger partial charge in [-0.3, -0.25) is 0 Å². The number of morpholine rings is 1. The van der Waals surface area contributed by atoms with Gasteiger partial charge in [-0.15, -0.1) is 5.10 Å². The van der Waals surface area contributed by atoms with Gasteiger partial charge >= 0.3 is 6.18 Å². The lowest BCUT2D eigenvalue weighted by Crippen LogP contribution is -2.42. The minimum Gasteiger partial charge on any atom is -0.410 e. The summed E-state index contributed by atoms with van der Waals surface area (Å²) in [4.78, 5) is 11.5. The Balaban J connectivity index is 1.33. The van der Waals surface area contributed by atoms with Crippen LogP contribution in [0, 0.1) is 0 Å². The molecule has 1 atom stereocenters. The molecule has 190 valence electrons. The van der Waals surface area contributed by atoms with Crippen molar-refractivity contribution in [2.75, 3.05) is 35.7 Å². The van der Waals surface area contributed by atoms with E-state index in [-0.39, 0.29) is 12.1 Å². The zero-order valence-electron chi connectivity index (χ0n) is 18.6. The van der Waals surface area contributed by atoms with E-state index in [2.05, 4.69) is 25.1 Å². The van der Waals surface area contributed by atoms with Crippen molar-refractivity contribution in [1.82, 2.24) is 24.6 Å². The van der Waals surface area contributed by atoms with Gasteiger partial charge < -0.3 is 20.2 Å². The van der Waals surface area contributed by atoms with Crippen molar-refractivity contribution in [3.05, 3.63) is 6.20 Å². The summed E-state index contributed by atoms with van der Waals surface area (Å²) in [6.07, 6.45) is -2.10. The average Bonchev–Trinajstić information content (AvgIpc) is 3.08. The smallest absolute Gasteiger partial charge is 0.390 e. The standard InChI is InChI=1S/C19H28F3N7O4S/c1-12-11-28(7-8-33-12)17-15-10-23-18(25-16(15)26-29(17)30)24-13-2-4-14(5-3-13)27-34(31,32)9-6-19(20,21)22/h10,12-14,27,30H,2-9,11H2,1H3,(H,24,25,26)/t12-,13?,14?/m0/s1. The van der Waals surface area contributed by atoms with E-state index in [0.717, 1.165) is 4.85 Å². The molecule has 0 bridgehead atoms. The number of rotatable bonds is 7. The number of sulfonamides is 1. The summed E-state index contributed by atoms with van der Waals surface area (Å²) >= 11 is 0. The fraction of sp³-hybridized carbons (Fsp3) is 0.737. The molecule has 0 amide bonds. The van der Waals surface area contributed by atoms with Gasteiger partial charge in [-0.2, -0.15) is 18.2 Å². The Labute approximate surface area is 194 Å². The third kappa shape index (κ3) is 6.18. The van der Waals surface area contributed by atoms with Crippen molar-refractivity contribution in [2.24, 2.45) is 0 Å². The van der Waals surface area contributed by atoms with Crippen LogP contribution in [0.15, 0.2) is 6.20 Å². The highest BCUT2D eigenvalue weighted by Gasteiger charge is 2.32. The molecule has 34 heavy (non-hydrogen) atoms. The van der Waals surface area contributed by atoms with Gasteiger partial charge in [0.2, 0.25) is 16.0 Å². The van der Waals surface area contributed by atoms with E-state index in [1.54, 1.807) is 6.20 Å². The van der Waals surface area contributed by atoms with Gasteiger partial charge in [0, 0.05) is 31.4 Å². The van der Waals surface area contributed by atoms with Crippen LogP contribution in [0.2, 0.25) is 0 Å². The lowest BCUT2D eigenvalue weighted by molar-refractivity contribution is -0.130. The summed E-state index contributed by atoms with van der Waals surface area (Å²) in [5, 5.41) is 18.2. The van der Waals surface area contributed by atoms with Crippen LogP contribution < -0.4 is 14.9 Å². The first-order chi connectivity index (χ1) is 16.0. The van der Waals surface area contributed by atoms with Crippen LogP contribution in [0.5, 0.6) is 0 Å². The molecule has 0 radical (unpaired) electrons. The van der Waals surface area contributed by atoms with Crippen LogP contribution in [0.4, 0.5) is 24.9 Å². The van der Waals surface area contributed by atoms with E-state index in [1.165, 1.54) is 0 Å². The monoisotopic (exact) mass is 507 g/mol. The van der Waals surface area contributed by atoms with Crippen molar-refractivity contribution in [3.63, 3.8) is 0 Å². The van der Waals surface area contributed by atoms with Gasteiger partial charge in [0.1, 0.15) is 0 Å². The van der Waals surface area contributed by atoms with E-state index in [4.69, 9.17) is 4.74 Å². The maximum absolute atomic E-state index is 12.3. The highest BCUT2D eigenvalue weighted by atomic mass is 32.2. The van der Waals surface area contributed by atoms with Gasteiger partial charge in [-0.25, -0.2) is 18.1 Å². The number of alkyl halides is 3. The molecule has 2 aromatic rings. The quantitative estimate of drug-likeness (QED) is 0.480. The summed E-state index contributed by atoms with van der Waals surface area (Å²) in [5.74, 6) is -0.123. The summed E-state index contributed by atoms with van der Waals surface area (Å²) < 4.78 is 68.7. The Kier molecular flexibility index (Phi) is 7.05. The van der Waals surface area contributed by atoms with Gasteiger partial charge in [-0.05, 0) is 32.6 Å². The lowest BCUT2D eigenvalue weighted by atomic mass is 9.92. The Morgan fingerprint density at radius 2 is 1.94 bits per heavy atom. The number of nitrogens with one attached hydrogen (secondary N) is 2. The van der Waals surface area contributed by atoms with Gasteiger partial charge in [0.05, 0.1) is 30.3 Å². The van der Waals surface area contributed by atoms with Gasteiger partial charge in [-0.1, -0.05) is 4.85 Å². The first kappa shape index (κ1) is 24.7. The molecule has 2 fully saturated rings. The molecule has 11 nitrogen and oxygen atoms in total. The summed E-state index contributed by atoms with van der Waals surface area (Å²) in [5.41, 5.74) is 0.334. The number of anilines is 2. The van der Waals surface area contributed by atoms with Gasteiger partial charge in [0.15, 0.2) is 11.5 Å². The lowest BCUT2D eigenvalue weighted by Gasteiger charge is -2.32. The van der Waals surface area contributed by atoms with Crippen LogP contribution >= 0.6 is 0 Å². The van der Waals surface area contributed by atoms with Crippen molar-refractivity contribution < 1.29 is 31.5 Å². The number of hydrogen-bond donors (Lipinski definition) is 3. The maximum atomic E-state index is 12.3. The average molecular weight is 508 g/mol. The molecule has 1 aliphatic carbocycles. The van der Waals surface area contributed by atoms with Crippen LogP contribution in [-0.4, -0.2) is 83.3 Å². The summed E-state index contributed by atoms with van der Waals surface area (Å²) in [6.45, 7) is 3.70. The van der Waals surface area contributed by atoms with Crippen molar-refractivity contribution in [1.29, 1.82) is 0 Å². The third-order valence-corrected chi connectivity index (χ3v) is 7.42. The second kappa shape index (κ2) is 9.70. The van der Waals surface area contributed by atoms with Crippen molar-refractivity contribution in [2.45, 2.75) is 63.4 Å². The maximum Gasteiger partial charge on any atom is 0.390 e. The minimum atomic E-state index is -4.51. The predicted octanol–water partition coefficient (Wildman–Crippen LogP) is 1.88. The molecule has 0 spiro atoms. The third-order valence-electron chi connectivity index (χ3n) is 5.99. The van der Waals surface area contributed by atoms with E-state index in [9.17, 15) is 26.8 Å². The molecular weight excluding hydrogens is 479 g/mol. The summed E-state index contributed by atoms with van der Waals surface area (Å²) in [6, 6.07) is -0.424. The van der Waals surface area contributed by atoms with Crippen molar-refractivity contribution >= 4 is 32.8 Å². The minimum absolute atomic E-state index is 0.0183. The van der Waals surface area contributed by atoms with E-state index < -0.39 is 34.4 Å². The highest BCUT2D eigenvalue weighted by Crippen LogP contribution is 2.28. The Bertz CT molecular complexity index is 1100. The molecule has 0 aromatic carbocycles. The molecule has 2 aromatic heterocycles. The number of ether oxygens (including phenoxy) is 1. The first-order valence-electron chi connectivity index (χ1n) is 11.1. The molecule has 3 heterocycles. The van der Waals surface area contributed by atoms with Crippen LogP contribution in [0.3, 0.4) is 0 Å². The molecule has 3 N–H and O–H groups in total. The molecule has 1 saturated heterocycles. The number of aromatic nitrogens is 4. The molecule has 1 aliphatic heterocycles. The molecule has 2 aliphatic rings. The van der Waals surface area contributed by atoms with E-state index >= 15 is 0 Å². The molecular formula is C19H28F3N7O4S. The Hall–Kier alpha value is -2.39. The molecule has 4 rings (SSSR count). The largest absolute Gasteiger partial charge is 0.410 e. The number of halogens is 3. The predicted molar refractivity (Wildman–Crippen MR) is 117 cm³/mol. The molecule has 1 saturated carbocycles. The van der Waals surface area contributed by atoms with Crippen LogP contribution in [-0.2, 0) is 14.8 Å². The van der Waals surface area contributed by atoms with Crippen LogP contribution in [0.25, 0.3) is 11.0 Å². The number of fused-ring (bicyclic) bond motifs is 1.